The first-order valence-electron chi connectivity index (χ1n) is 8.11. The Morgan fingerprint density at radius 3 is 3.04 bits per heavy atom. The molecule has 0 spiro atoms. The molecule has 2 N–H and O–H groups in total. The van der Waals surface area contributed by atoms with Crippen LogP contribution < -0.4 is 10.6 Å². The van der Waals surface area contributed by atoms with Crippen LogP contribution in [0.2, 0.25) is 0 Å². The highest BCUT2D eigenvalue weighted by Crippen LogP contribution is 2.27. The van der Waals surface area contributed by atoms with Crippen molar-refractivity contribution in [2.75, 3.05) is 25.0 Å². The number of hydrogen-bond donors (Lipinski definition) is 2. The van der Waals surface area contributed by atoms with E-state index in [0.29, 0.717) is 29.6 Å². The van der Waals surface area contributed by atoms with Crippen LogP contribution in [0.5, 0.6) is 0 Å². The van der Waals surface area contributed by atoms with Gasteiger partial charge in [-0.1, -0.05) is 16.5 Å². The second kappa shape index (κ2) is 7.71. The second-order valence-electron chi connectivity index (χ2n) is 5.52. The third kappa shape index (κ3) is 3.90. The lowest BCUT2D eigenvalue weighted by molar-refractivity contribution is 0.0835. The van der Waals surface area contributed by atoms with Crippen LogP contribution in [-0.2, 0) is 11.2 Å². The summed E-state index contributed by atoms with van der Waals surface area (Å²) in [6.45, 7) is 5.78. The van der Waals surface area contributed by atoms with Crippen LogP contribution in [0.25, 0.3) is 0 Å². The van der Waals surface area contributed by atoms with Gasteiger partial charge in [-0.2, -0.15) is 4.98 Å². The summed E-state index contributed by atoms with van der Waals surface area (Å²) in [5, 5.41) is 10.7. The molecule has 130 valence electrons. The maximum Gasteiger partial charge on any atom is 0.263 e. The first-order valence-corrected chi connectivity index (χ1v) is 8.92. The third-order valence-corrected chi connectivity index (χ3v) is 4.77. The van der Waals surface area contributed by atoms with Crippen LogP contribution >= 0.6 is 11.3 Å². The Morgan fingerprint density at radius 1 is 1.42 bits per heavy atom. The smallest absolute Gasteiger partial charge is 0.263 e. The van der Waals surface area contributed by atoms with Crippen molar-refractivity contribution in [2.45, 2.75) is 39.2 Å². The molecule has 0 saturated carbocycles. The van der Waals surface area contributed by atoms with Gasteiger partial charge in [0.15, 0.2) is 11.0 Å². The zero-order valence-corrected chi connectivity index (χ0v) is 14.6. The van der Waals surface area contributed by atoms with Gasteiger partial charge in [0.1, 0.15) is 11.0 Å². The fourth-order valence-electron chi connectivity index (χ4n) is 2.47. The van der Waals surface area contributed by atoms with Crippen LogP contribution in [0.4, 0.5) is 5.13 Å². The number of ether oxygens (including phenoxy) is 1. The number of hydrogen-bond acceptors (Lipinski definition) is 8. The average molecular weight is 351 g/mol. The highest BCUT2D eigenvalue weighted by atomic mass is 32.1. The summed E-state index contributed by atoms with van der Waals surface area (Å²) in [5.41, 5.74) is 0.730. The number of aromatic nitrogens is 3. The minimum Gasteiger partial charge on any atom is -0.368 e. The molecular formula is C15H21N5O3S. The highest BCUT2D eigenvalue weighted by molar-refractivity contribution is 7.17. The molecule has 8 nitrogen and oxygen atoms in total. The van der Waals surface area contributed by atoms with Gasteiger partial charge < -0.3 is 19.9 Å². The summed E-state index contributed by atoms with van der Waals surface area (Å²) in [7, 11) is 0. The Labute approximate surface area is 144 Å². The molecule has 1 fully saturated rings. The third-order valence-electron chi connectivity index (χ3n) is 3.65. The Kier molecular flexibility index (Phi) is 5.41. The number of carbonyl (C=O) groups is 1. The Hall–Kier alpha value is -2.00. The molecule has 1 amide bonds. The number of carbonyl (C=O) groups excluding carboxylic acids is 1. The SMILES string of the molecule is CCNc1nc(C)c(C(=O)NCCc2noc([C@H]3CCCO3)n2)s1. The van der Waals surface area contributed by atoms with E-state index in [9.17, 15) is 4.79 Å². The van der Waals surface area contributed by atoms with Crippen molar-refractivity contribution in [3.05, 3.63) is 22.3 Å². The highest BCUT2D eigenvalue weighted by Gasteiger charge is 2.23. The molecule has 3 rings (SSSR count). The van der Waals surface area contributed by atoms with Crippen molar-refractivity contribution in [1.29, 1.82) is 0 Å². The van der Waals surface area contributed by atoms with Gasteiger partial charge in [0.2, 0.25) is 0 Å². The lowest BCUT2D eigenvalue weighted by Gasteiger charge is -2.02. The summed E-state index contributed by atoms with van der Waals surface area (Å²) < 4.78 is 10.7. The molecule has 1 aliphatic heterocycles. The maximum absolute atomic E-state index is 12.2. The molecule has 0 unspecified atom stereocenters. The number of nitrogens with zero attached hydrogens (tertiary/aromatic N) is 3. The summed E-state index contributed by atoms with van der Waals surface area (Å²) in [5.74, 6) is 0.981. The normalized spacial score (nSPS) is 17.2. The Balaban J connectivity index is 1.50. The van der Waals surface area contributed by atoms with E-state index < -0.39 is 0 Å². The minimum absolute atomic E-state index is 0.0785. The predicted molar refractivity (Wildman–Crippen MR) is 89.3 cm³/mol. The van der Waals surface area contributed by atoms with Crippen molar-refractivity contribution in [3.63, 3.8) is 0 Å². The van der Waals surface area contributed by atoms with Crippen LogP contribution in [0.3, 0.4) is 0 Å². The average Bonchev–Trinajstić information content (AvgIpc) is 3.27. The molecule has 0 radical (unpaired) electrons. The Bertz CT molecular complexity index is 693. The second-order valence-corrected chi connectivity index (χ2v) is 6.52. The molecule has 24 heavy (non-hydrogen) atoms. The minimum atomic E-state index is -0.128. The summed E-state index contributed by atoms with van der Waals surface area (Å²) in [6.07, 6.45) is 2.36. The topological polar surface area (TPSA) is 102 Å². The van der Waals surface area contributed by atoms with Crippen molar-refractivity contribution < 1.29 is 14.1 Å². The van der Waals surface area contributed by atoms with Gasteiger partial charge in [-0.05, 0) is 26.7 Å². The van der Waals surface area contributed by atoms with E-state index in [4.69, 9.17) is 9.26 Å². The molecule has 3 heterocycles. The summed E-state index contributed by atoms with van der Waals surface area (Å²) >= 11 is 1.36. The van der Waals surface area contributed by atoms with Crippen molar-refractivity contribution >= 4 is 22.4 Å². The van der Waals surface area contributed by atoms with Gasteiger partial charge in [0.05, 0.1) is 5.69 Å². The van der Waals surface area contributed by atoms with Gasteiger partial charge in [0, 0.05) is 26.1 Å². The van der Waals surface area contributed by atoms with Gasteiger partial charge >= 0.3 is 0 Å². The predicted octanol–water partition coefficient (Wildman–Crippen LogP) is 2.09. The van der Waals surface area contributed by atoms with E-state index in [-0.39, 0.29) is 12.0 Å². The van der Waals surface area contributed by atoms with Crippen LogP contribution in [0.15, 0.2) is 4.52 Å². The zero-order valence-electron chi connectivity index (χ0n) is 13.8. The summed E-state index contributed by atoms with van der Waals surface area (Å²) in [4.78, 5) is 21.5. The fourth-order valence-corrected chi connectivity index (χ4v) is 3.42. The summed E-state index contributed by atoms with van der Waals surface area (Å²) in [6, 6.07) is 0. The number of nitrogens with one attached hydrogen (secondary N) is 2. The molecule has 0 aliphatic carbocycles. The standard InChI is InChI=1S/C15H21N5O3S/c1-3-16-15-18-9(2)12(24-15)13(21)17-7-6-11-19-14(23-20-11)10-5-4-8-22-10/h10H,3-8H2,1-2H3,(H,16,18)(H,17,21)/t10-/m1/s1. The number of rotatable bonds is 7. The van der Waals surface area contributed by atoms with Crippen LogP contribution in [0.1, 0.15) is 53.0 Å². The van der Waals surface area contributed by atoms with Crippen molar-refractivity contribution in [3.8, 4) is 0 Å². The molecule has 1 saturated heterocycles. The van der Waals surface area contributed by atoms with E-state index in [1.54, 1.807) is 0 Å². The number of thiazole rings is 1. The molecular weight excluding hydrogens is 330 g/mol. The van der Waals surface area contributed by atoms with Crippen LogP contribution in [-0.4, -0.2) is 40.7 Å². The van der Waals surface area contributed by atoms with E-state index in [0.717, 1.165) is 36.8 Å². The number of aryl methyl sites for hydroxylation is 1. The Morgan fingerprint density at radius 2 is 2.29 bits per heavy atom. The maximum atomic E-state index is 12.2. The molecule has 2 aromatic heterocycles. The molecule has 0 bridgehead atoms. The fraction of sp³-hybridized carbons (Fsp3) is 0.600. The molecule has 2 aromatic rings. The first-order chi connectivity index (χ1) is 11.7. The van der Waals surface area contributed by atoms with E-state index in [1.807, 2.05) is 13.8 Å². The lowest BCUT2D eigenvalue weighted by atomic mass is 10.2. The first kappa shape index (κ1) is 16.8. The molecule has 0 aromatic carbocycles. The van der Waals surface area contributed by atoms with Crippen LogP contribution in [0, 0.1) is 6.92 Å². The molecule has 9 heteroatoms. The van der Waals surface area contributed by atoms with Gasteiger partial charge in [-0.3, -0.25) is 4.79 Å². The largest absolute Gasteiger partial charge is 0.368 e. The van der Waals surface area contributed by atoms with E-state index in [2.05, 4.69) is 25.8 Å². The zero-order chi connectivity index (χ0) is 16.9. The monoisotopic (exact) mass is 351 g/mol. The number of amides is 1. The van der Waals surface area contributed by atoms with Crippen molar-refractivity contribution in [1.82, 2.24) is 20.4 Å². The van der Waals surface area contributed by atoms with Gasteiger partial charge in [0.25, 0.3) is 11.8 Å². The quantitative estimate of drug-likeness (QED) is 0.787. The van der Waals surface area contributed by atoms with E-state index in [1.165, 1.54) is 11.3 Å². The van der Waals surface area contributed by atoms with Gasteiger partial charge in [-0.15, -0.1) is 0 Å². The number of anilines is 1. The molecule has 1 aliphatic rings. The van der Waals surface area contributed by atoms with Crippen molar-refractivity contribution in [2.24, 2.45) is 0 Å². The lowest BCUT2D eigenvalue weighted by Crippen LogP contribution is -2.25. The molecule has 1 atom stereocenters. The van der Waals surface area contributed by atoms with Gasteiger partial charge in [-0.25, -0.2) is 4.98 Å². The van der Waals surface area contributed by atoms with E-state index >= 15 is 0 Å².